The third-order valence-electron chi connectivity index (χ3n) is 2.66. The molecule has 0 aromatic heterocycles. The van der Waals surface area contributed by atoms with Gasteiger partial charge in [-0.15, -0.1) is 0 Å². The Balaban J connectivity index is 2.23. The number of rotatable bonds is 3. The number of nitrogens with one attached hydrogen (secondary N) is 1. The van der Waals surface area contributed by atoms with Crippen molar-refractivity contribution in [3.8, 4) is 0 Å². The minimum Gasteiger partial charge on any atom is -0.478 e. The molecule has 4 N–H and O–H groups in total. The highest BCUT2D eigenvalue weighted by atomic mass is 19.1. The van der Waals surface area contributed by atoms with Crippen LogP contribution in [-0.2, 0) is 4.74 Å². The first-order chi connectivity index (χ1) is 8.08. The zero-order valence-electron chi connectivity index (χ0n) is 9.07. The number of nitrogen functional groups attached to an aromatic ring is 1. The van der Waals surface area contributed by atoms with Crippen LogP contribution < -0.4 is 11.1 Å². The highest BCUT2D eigenvalue weighted by Gasteiger charge is 2.18. The van der Waals surface area contributed by atoms with Gasteiger partial charge in [0.15, 0.2) is 0 Å². The lowest BCUT2D eigenvalue weighted by molar-refractivity contribution is 0.0692. The number of ether oxygens (including phenoxy) is 1. The van der Waals surface area contributed by atoms with Gasteiger partial charge in [-0.25, -0.2) is 9.18 Å². The summed E-state index contributed by atoms with van der Waals surface area (Å²) in [6.45, 7) is 1.20. The Hall–Kier alpha value is -1.82. The number of carboxylic acids is 1. The van der Waals surface area contributed by atoms with E-state index in [1.807, 2.05) is 0 Å². The van der Waals surface area contributed by atoms with E-state index in [1.54, 1.807) is 0 Å². The molecule has 0 spiro atoms. The average Bonchev–Trinajstić information content (AvgIpc) is 2.75. The standard InChI is InChI=1S/C11H13FN2O3/c12-8-4-10(14-6-1-2-17-5-6)9(13)3-7(8)11(15)16/h3-4,6,14H,1-2,5,13H2,(H,15,16). The molecule has 1 aliphatic rings. The molecule has 1 aromatic rings. The summed E-state index contributed by atoms with van der Waals surface area (Å²) in [4.78, 5) is 10.7. The molecule has 2 rings (SSSR count). The Morgan fingerprint density at radius 2 is 2.35 bits per heavy atom. The van der Waals surface area contributed by atoms with Crippen molar-refractivity contribution in [2.24, 2.45) is 0 Å². The van der Waals surface area contributed by atoms with Crippen LogP contribution in [0.5, 0.6) is 0 Å². The number of carbonyl (C=O) groups is 1. The van der Waals surface area contributed by atoms with E-state index < -0.39 is 17.3 Å². The summed E-state index contributed by atoms with van der Waals surface area (Å²) in [7, 11) is 0. The van der Waals surface area contributed by atoms with Gasteiger partial charge in [0.2, 0.25) is 0 Å². The van der Waals surface area contributed by atoms with Crippen molar-refractivity contribution in [2.75, 3.05) is 24.3 Å². The number of nitrogens with two attached hydrogens (primary N) is 1. The number of hydrogen-bond acceptors (Lipinski definition) is 4. The van der Waals surface area contributed by atoms with E-state index in [0.29, 0.717) is 18.9 Å². The summed E-state index contributed by atoms with van der Waals surface area (Å²) in [6.07, 6.45) is 0.821. The van der Waals surface area contributed by atoms with Gasteiger partial charge >= 0.3 is 5.97 Å². The summed E-state index contributed by atoms with van der Waals surface area (Å²) in [5.74, 6) is -2.13. The molecular weight excluding hydrogens is 227 g/mol. The van der Waals surface area contributed by atoms with Crippen LogP contribution >= 0.6 is 0 Å². The van der Waals surface area contributed by atoms with Gasteiger partial charge in [0, 0.05) is 6.61 Å². The molecule has 1 atom stereocenters. The fourth-order valence-electron chi connectivity index (χ4n) is 1.75. The number of benzene rings is 1. The second-order valence-electron chi connectivity index (χ2n) is 3.93. The van der Waals surface area contributed by atoms with Crippen molar-refractivity contribution in [1.82, 2.24) is 0 Å². The highest BCUT2D eigenvalue weighted by molar-refractivity contribution is 5.90. The topological polar surface area (TPSA) is 84.6 Å². The van der Waals surface area contributed by atoms with Crippen LogP contribution in [-0.4, -0.2) is 30.3 Å². The maximum Gasteiger partial charge on any atom is 0.338 e. The summed E-state index contributed by atoms with van der Waals surface area (Å²) in [5.41, 5.74) is 5.88. The maximum absolute atomic E-state index is 13.4. The monoisotopic (exact) mass is 240 g/mol. The lowest BCUT2D eigenvalue weighted by Gasteiger charge is -2.15. The van der Waals surface area contributed by atoms with Gasteiger partial charge in [-0.2, -0.15) is 0 Å². The molecule has 1 aromatic carbocycles. The number of halogens is 1. The molecule has 0 bridgehead atoms. The van der Waals surface area contributed by atoms with Gasteiger partial charge in [0.25, 0.3) is 0 Å². The maximum atomic E-state index is 13.4. The van der Waals surface area contributed by atoms with Crippen LogP contribution in [0, 0.1) is 5.82 Å². The number of anilines is 2. The smallest absolute Gasteiger partial charge is 0.338 e. The minimum atomic E-state index is -1.33. The zero-order chi connectivity index (χ0) is 12.4. The quantitative estimate of drug-likeness (QED) is 0.693. The van der Waals surface area contributed by atoms with Crippen LogP contribution in [0.3, 0.4) is 0 Å². The first-order valence-corrected chi connectivity index (χ1v) is 5.24. The van der Waals surface area contributed by atoms with Crippen molar-refractivity contribution < 1.29 is 19.0 Å². The second-order valence-corrected chi connectivity index (χ2v) is 3.93. The normalized spacial score (nSPS) is 19.2. The summed E-state index contributed by atoms with van der Waals surface area (Å²) < 4.78 is 18.6. The van der Waals surface area contributed by atoms with E-state index in [9.17, 15) is 9.18 Å². The Morgan fingerprint density at radius 1 is 1.59 bits per heavy atom. The highest BCUT2D eigenvalue weighted by Crippen LogP contribution is 2.25. The van der Waals surface area contributed by atoms with Gasteiger partial charge in [-0.05, 0) is 18.6 Å². The van der Waals surface area contributed by atoms with E-state index in [2.05, 4.69) is 5.32 Å². The SMILES string of the molecule is Nc1cc(C(=O)O)c(F)cc1NC1CCOC1. The predicted molar refractivity (Wildman–Crippen MR) is 60.6 cm³/mol. The molecule has 1 unspecified atom stereocenters. The molecule has 0 amide bonds. The minimum absolute atomic E-state index is 0.0902. The van der Waals surface area contributed by atoms with Crippen molar-refractivity contribution in [3.05, 3.63) is 23.5 Å². The summed E-state index contributed by atoms with van der Waals surface area (Å²) >= 11 is 0. The Morgan fingerprint density at radius 3 is 2.94 bits per heavy atom. The molecule has 5 nitrogen and oxygen atoms in total. The Kier molecular flexibility index (Phi) is 3.14. The molecule has 17 heavy (non-hydrogen) atoms. The van der Waals surface area contributed by atoms with Gasteiger partial charge in [0.1, 0.15) is 5.82 Å². The number of hydrogen-bond donors (Lipinski definition) is 3. The number of carboxylic acid groups (broad SMARTS) is 1. The van der Waals surface area contributed by atoms with Crippen LogP contribution in [0.2, 0.25) is 0 Å². The Labute approximate surface area is 97.4 Å². The zero-order valence-corrected chi connectivity index (χ0v) is 9.07. The van der Waals surface area contributed by atoms with E-state index in [-0.39, 0.29) is 11.7 Å². The third kappa shape index (κ3) is 2.47. The number of aromatic carboxylic acids is 1. The van der Waals surface area contributed by atoms with E-state index in [0.717, 1.165) is 18.6 Å². The van der Waals surface area contributed by atoms with Gasteiger partial charge < -0.3 is 20.9 Å². The summed E-state index contributed by atoms with van der Waals surface area (Å²) in [6, 6.07) is 2.32. The second kappa shape index (κ2) is 4.58. The fraction of sp³-hybridized carbons (Fsp3) is 0.364. The van der Waals surface area contributed by atoms with Gasteiger partial charge in [-0.1, -0.05) is 0 Å². The lowest BCUT2D eigenvalue weighted by Crippen LogP contribution is -2.20. The molecule has 92 valence electrons. The molecule has 0 radical (unpaired) electrons. The summed E-state index contributed by atoms with van der Waals surface area (Å²) in [5, 5.41) is 11.8. The van der Waals surface area contributed by atoms with E-state index in [4.69, 9.17) is 15.6 Å². The molecule has 0 aliphatic carbocycles. The Bertz CT molecular complexity index is 445. The van der Waals surface area contributed by atoms with E-state index >= 15 is 0 Å². The molecular formula is C11H13FN2O3. The van der Waals surface area contributed by atoms with Gasteiger partial charge in [0.05, 0.1) is 29.6 Å². The van der Waals surface area contributed by atoms with Crippen LogP contribution in [0.15, 0.2) is 12.1 Å². The van der Waals surface area contributed by atoms with Crippen LogP contribution in [0.25, 0.3) is 0 Å². The van der Waals surface area contributed by atoms with Crippen molar-refractivity contribution in [1.29, 1.82) is 0 Å². The molecule has 1 fully saturated rings. The van der Waals surface area contributed by atoms with E-state index in [1.165, 1.54) is 0 Å². The van der Waals surface area contributed by atoms with Crippen LogP contribution in [0.1, 0.15) is 16.8 Å². The van der Waals surface area contributed by atoms with Crippen LogP contribution in [0.4, 0.5) is 15.8 Å². The molecule has 6 heteroatoms. The van der Waals surface area contributed by atoms with Crippen molar-refractivity contribution >= 4 is 17.3 Å². The average molecular weight is 240 g/mol. The van der Waals surface area contributed by atoms with Crippen molar-refractivity contribution in [2.45, 2.75) is 12.5 Å². The molecule has 1 aliphatic heterocycles. The molecule has 1 saturated heterocycles. The van der Waals surface area contributed by atoms with Gasteiger partial charge in [-0.3, -0.25) is 0 Å². The first-order valence-electron chi connectivity index (χ1n) is 5.24. The molecule has 1 heterocycles. The lowest BCUT2D eigenvalue weighted by atomic mass is 10.1. The van der Waals surface area contributed by atoms with Crippen molar-refractivity contribution in [3.63, 3.8) is 0 Å². The predicted octanol–water partition coefficient (Wildman–Crippen LogP) is 1.31. The first kappa shape index (κ1) is 11.7. The largest absolute Gasteiger partial charge is 0.478 e. The fourth-order valence-corrected chi connectivity index (χ4v) is 1.75. The molecule has 0 saturated carbocycles. The third-order valence-corrected chi connectivity index (χ3v) is 2.66.